The zero-order valence-corrected chi connectivity index (χ0v) is 13.4. The van der Waals surface area contributed by atoms with Gasteiger partial charge in [0, 0.05) is 10.8 Å². The lowest BCUT2D eigenvalue weighted by molar-refractivity contribution is -0.140. The minimum atomic E-state index is -0.149. The van der Waals surface area contributed by atoms with Crippen LogP contribution in [0.25, 0.3) is 0 Å². The summed E-state index contributed by atoms with van der Waals surface area (Å²) in [5.74, 6) is -0.349. The minimum Gasteiger partial charge on any atom is -0.275 e. The van der Waals surface area contributed by atoms with Crippen LogP contribution < -0.4 is 0 Å². The van der Waals surface area contributed by atoms with Crippen molar-refractivity contribution in [3.63, 3.8) is 0 Å². The number of aromatic nitrogens is 1. The second-order valence-corrected chi connectivity index (χ2v) is 7.74. The van der Waals surface area contributed by atoms with Gasteiger partial charge in [0.15, 0.2) is 0 Å². The fraction of sp³-hybridized carbons (Fsp3) is 0.562. The lowest BCUT2D eigenvalue weighted by Gasteiger charge is -2.15. The summed E-state index contributed by atoms with van der Waals surface area (Å²) in [6, 6.07) is 0. The number of nitrogens with zero attached hydrogens (tertiary/aromatic N) is 2. The van der Waals surface area contributed by atoms with E-state index in [-0.39, 0.29) is 29.1 Å². The van der Waals surface area contributed by atoms with Crippen molar-refractivity contribution >= 4 is 23.2 Å². The first-order valence-corrected chi connectivity index (χ1v) is 8.21. The SMILES string of the molecule is CC(C)(C)c1csc(CN2C(=O)C3CC=CCC3C2=O)n1. The van der Waals surface area contributed by atoms with Crippen LogP contribution in [0.4, 0.5) is 0 Å². The molecule has 0 saturated carbocycles. The summed E-state index contributed by atoms with van der Waals surface area (Å²) in [4.78, 5) is 30.8. The molecule has 2 unspecified atom stereocenters. The summed E-state index contributed by atoms with van der Waals surface area (Å²) in [5.41, 5.74) is 1.01. The highest BCUT2D eigenvalue weighted by Crippen LogP contribution is 2.36. The minimum absolute atomic E-state index is 0.00825. The Morgan fingerprint density at radius 3 is 2.24 bits per heavy atom. The first kappa shape index (κ1) is 14.4. The summed E-state index contributed by atoms with van der Waals surface area (Å²) >= 11 is 1.53. The Kier molecular flexibility index (Phi) is 3.48. The Hall–Kier alpha value is -1.49. The zero-order valence-electron chi connectivity index (χ0n) is 12.6. The van der Waals surface area contributed by atoms with Crippen molar-refractivity contribution in [3.05, 3.63) is 28.2 Å². The molecule has 4 nitrogen and oxygen atoms in total. The van der Waals surface area contributed by atoms with Gasteiger partial charge < -0.3 is 0 Å². The highest BCUT2D eigenvalue weighted by molar-refractivity contribution is 7.09. The van der Waals surface area contributed by atoms with Crippen LogP contribution >= 0.6 is 11.3 Å². The van der Waals surface area contributed by atoms with E-state index in [2.05, 4.69) is 25.8 Å². The summed E-state index contributed by atoms with van der Waals surface area (Å²) < 4.78 is 0. The van der Waals surface area contributed by atoms with Gasteiger partial charge in [0.05, 0.1) is 24.1 Å². The average molecular weight is 304 g/mol. The van der Waals surface area contributed by atoms with E-state index in [1.807, 2.05) is 17.5 Å². The summed E-state index contributed by atoms with van der Waals surface area (Å²) in [7, 11) is 0. The number of hydrogen-bond acceptors (Lipinski definition) is 4. The molecule has 0 aromatic carbocycles. The van der Waals surface area contributed by atoms with Gasteiger partial charge in [-0.2, -0.15) is 0 Å². The van der Waals surface area contributed by atoms with Crippen LogP contribution in [0.15, 0.2) is 17.5 Å². The van der Waals surface area contributed by atoms with Crippen molar-refractivity contribution in [2.24, 2.45) is 11.8 Å². The van der Waals surface area contributed by atoms with E-state index in [0.29, 0.717) is 19.4 Å². The number of likely N-dealkylation sites (tertiary alicyclic amines) is 1. The maximum atomic E-state index is 12.4. The highest BCUT2D eigenvalue weighted by atomic mass is 32.1. The summed E-state index contributed by atoms with van der Waals surface area (Å²) in [5, 5.41) is 2.86. The molecule has 1 fully saturated rings. The van der Waals surface area contributed by atoms with Crippen LogP contribution in [0.3, 0.4) is 0 Å². The average Bonchev–Trinajstić information content (AvgIpc) is 2.99. The van der Waals surface area contributed by atoms with E-state index in [9.17, 15) is 9.59 Å². The number of thiazole rings is 1. The predicted octanol–water partition coefficient (Wildman–Crippen LogP) is 2.89. The lowest BCUT2D eigenvalue weighted by Crippen LogP contribution is -2.30. The van der Waals surface area contributed by atoms with Gasteiger partial charge in [-0.1, -0.05) is 32.9 Å². The molecule has 112 valence electrons. The van der Waals surface area contributed by atoms with Gasteiger partial charge in [0.2, 0.25) is 11.8 Å². The molecule has 1 saturated heterocycles. The molecule has 2 heterocycles. The third-order valence-electron chi connectivity index (χ3n) is 4.21. The number of hydrogen-bond donors (Lipinski definition) is 0. The predicted molar refractivity (Wildman–Crippen MR) is 81.7 cm³/mol. The maximum absolute atomic E-state index is 12.4. The maximum Gasteiger partial charge on any atom is 0.233 e. The normalized spacial score (nSPS) is 25.6. The number of fused-ring (bicyclic) bond motifs is 1. The number of rotatable bonds is 2. The monoisotopic (exact) mass is 304 g/mol. The van der Waals surface area contributed by atoms with Crippen LogP contribution in [0, 0.1) is 11.8 Å². The number of imide groups is 1. The van der Waals surface area contributed by atoms with Gasteiger partial charge in [-0.15, -0.1) is 11.3 Å². The van der Waals surface area contributed by atoms with E-state index in [0.717, 1.165) is 10.7 Å². The molecule has 3 rings (SSSR count). The molecule has 0 bridgehead atoms. The Morgan fingerprint density at radius 2 is 1.76 bits per heavy atom. The fourth-order valence-corrected chi connectivity index (χ4v) is 3.90. The van der Waals surface area contributed by atoms with E-state index >= 15 is 0 Å². The largest absolute Gasteiger partial charge is 0.275 e. The molecule has 0 radical (unpaired) electrons. The first-order valence-electron chi connectivity index (χ1n) is 7.33. The van der Waals surface area contributed by atoms with E-state index in [1.165, 1.54) is 16.2 Å². The molecule has 1 aromatic rings. The molecule has 21 heavy (non-hydrogen) atoms. The van der Waals surface area contributed by atoms with Crippen molar-refractivity contribution in [3.8, 4) is 0 Å². The van der Waals surface area contributed by atoms with Crippen LogP contribution in [0.2, 0.25) is 0 Å². The molecule has 1 aromatic heterocycles. The van der Waals surface area contributed by atoms with Gasteiger partial charge in [0.25, 0.3) is 0 Å². The molecule has 2 aliphatic rings. The van der Waals surface area contributed by atoms with Gasteiger partial charge in [-0.25, -0.2) is 4.98 Å². The molecule has 1 aliphatic heterocycles. The first-order chi connectivity index (χ1) is 9.88. The second-order valence-electron chi connectivity index (χ2n) is 6.79. The number of carbonyl (C=O) groups is 2. The van der Waals surface area contributed by atoms with Crippen LogP contribution in [0.1, 0.15) is 44.3 Å². The van der Waals surface area contributed by atoms with Crippen LogP contribution in [-0.2, 0) is 21.5 Å². The van der Waals surface area contributed by atoms with Gasteiger partial charge in [-0.3, -0.25) is 14.5 Å². The Morgan fingerprint density at radius 1 is 1.19 bits per heavy atom. The van der Waals surface area contributed by atoms with Crippen LogP contribution in [-0.4, -0.2) is 21.7 Å². The highest BCUT2D eigenvalue weighted by Gasteiger charge is 2.47. The van der Waals surface area contributed by atoms with Crippen molar-refractivity contribution in [1.29, 1.82) is 0 Å². The Labute approximate surface area is 128 Å². The molecule has 0 N–H and O–H groups in total. The van der Waals surface area contributed by atoms with Crippen molar-refractivity contribution in [1.82, 2.24) is 9.88 Å². The molecule has 2 atom stereocenters. The number of allylic oxidation sites excluding steroid dienone is 2. The van der Waals surface area contributed by atoms with E-state index in [4.69, 9.17) is 0 Å². The van der Waals surface area contributed by atoms with Crippen molar-refractivity contribution < 1.29 is 9.59 Å². The molecule has 1 aliphatic carbocycles. The Balaban J connectivity index is 1.78. The Bertz CT molecular complexity index is 586. The standard InChI is InChI=1S/C16H20N2O2S/c1-16(2,3)12-9-21-13(17-12)8-18-14(19)10-6-4-5-7-11(10)15(18)20/h4-5,9-11H,6-8H2,1-3H3. The summed E-state index contributed by atoms with van der Waals surface area (Å²) in [6.07, 6.45) is 5.40. The van der Waals surface area contributed by atoms with Crippen LogP contribution in [0.5, 0.6) is 0 Å². The molecule has 5 heteroatoms. The van der Waals surface area contributed by atoms with E-state index in [1.54, 1.807) is 0 Å². The summed E-state index contributed by atoms with van der Waals surface area (Å²) in [6.45, 7) is 6.65. The third-order valence-corrected chi connectivity index (χ3v) is 5.05. The number of carbonyl (C=O) groups excluding carboxylic acids is 2. The quantitative estimate of drug-likeness (QED) is 0.623. The third kappa shape index (κ3) is 2.55. The van der Waals surface area contributed by atoms with Gasteiger partial charge in [-0.05, 0) is 12.8 Å². The second kappa shape index (κ2) is 5.05. The molecule has 0 spiro atoms. The lowest BCUT2D eigenvalue weighted by atomic mass is 9.85. The number of amides is 2. The van der Waals surface area contributed by atoms with Crippen molar-refractivity contribution in [2.75, 3.05) is 0 Å². The van der Waals surface area contributed by atoms with Gasteiger partial charge >= 0.3 is 0 Å². The zero-order chi connectivity index (χ0) is 15.2. The molecular formula is C16H20N2O2S. The topological polar surface area (TPSA) is 50.3 Å². The van der Waals surface area contributed by atoms with E-state index < -0.39 is 0 Å². The van der Waals surface area contributed by atoms with Gasteiger partial charge in [0.1, 0.15) is 5.01 Å². The van der Waals surface area contributed by atoms with Crippen molar-refractivity contribution in [2.45, 2.75) is 45.6 Å². The fourth-order valence-electron chi connectivity index (χ4n) is 2.89. The molecule has 2 amide bonds. The molecular weight excluding hydrogens is 284 g/mol. The smallest absolute Gasteiger partial charge is 0.233 e.